The minimum absolute atomic E-state index is 0.154. The number of rotatable bonds is 8. The number of halogens is 3. The average Bonchev–Trinajstić information content (AvgIpc) is 3.20. The van der Waals surface area contributed by atoms with Crippen LogP contribution in [0.5, 0.6) is 5.75 Å². The van der Waals surface area contributed by atoms with Gasteiger partial charge in [0.25, 0.3) is 0 Å². The number of carboxylic acid groups (broad SMARTS) is 1. The molecule has 0 amide bonds. The number of nitrogens with zero attached hydrogens (tertiary/aromatic N) is 1. The Hall–Kier alpha value is -2.24. The van der Waals surface area contributed by atoms with E-state index in [-0.39, 0.29) is 10.9 Å². The fourth-order valence-corrected chi connectivity index (χ4v) is 6.39. The van der Waals surface area contributed by atoms with E-state index in [1.807, 2.05) is 6.07 Å². The van der Waals surface area contributed by atoms with Crippen molar-refractivity contribution in [3.8, 4) is 5.75 Å². The minimum atomic E-state index is -4.53. The van der Waals surface area contributed by atoms with Crippen LogP contribution in [0, 0.1) is 6.92 Å². The molecule has 0 aromatic heterocycles. The summed E-state index contributed by atoms with van der Waals surface area (Å²) in [7, 11) is -3.91. The van der Waals surface area contributed by atoms with E-state index in [2.05, 4.69) is 0 Å². The highest BCUT2D eigenvalue weighted by molar-refractivity contribution is 7.99. The second-order valence-electron chi connectivity index (χ2n) is 7.35. The van der Waals surface area contributed by atoms with Crippen LogP contribution in [0.4, 0.5) is 13.2 Å². The van der Waals surface area contributed by atoms with Gasteiger partial charge < -0.3 is 9.84 Å². The van der Waals surface area contributed by atoms with Gasteiger partial charge in [-0.15, -0.1) is 11.8 Å². The normalized spacial score (nSPS) is 17.4. The maximum Gasteiger partial charge on any atom is 0.416 e. The number of thioether (sulfide) groups is 1. The molecule has 0 aliphatic carbocycles. The van der Waals surface area contributed by atoms with Gasteiger partial charge >= 0.3 is 12.1 Å². The summed E-state index contributed by atoms with van der Waals surface area (Å²) in [6.07, 6.45) is -3.20. The first-order valence-electron chi connectivity index (χ1n) is 9.75. The predicted molar refractivity (Wildman–Crippen MR) is 113 cm³/mol. The van der Waals surface area contributed by atoms with Crippen LogP contribution in [0.1, 0.15) is 24.0 Å². The maximum atomic E-state index is 13.0. The second kappa shape index (κ2) is 9.72. The van der Waals surface area contributed by atoms with E-state index in [0.717, 1.165) is 34.7 Å². The molecule has 1 saturated heterocycles. The van der Waals surface area contributed by atoms with Crippen molar-refractivity contribution in [1.82, 2.24) is 4.31 Å². The lowest BCUT2D eigenvalue weighted by atomic mass is 10.2. The van der Waals surface area contributed by atoms with Gasteiger partial charge in [-0.2, -0.15) is 17.5 Å². The average molecular weight is 490 g/mol. The number of hydrogen-bond acceptors (Lipinski definition) is 5. The molecule has 1 aliphatic rings. The molecule has 3 rings (SSSR count). The van der Waals surface area contributed by atoms with Crippen molar-refractivity contribution in [2.75, 3.05) is 18.9 Å². The fourth-order valence-electron chi connectivity index (χ4n) is 3.45. The van der Waals surface area contributed by atoms with Crippen molar-refractivity contribution in [3.63, 3.8) is 0 Å². The second-order valence-corrected chi connectivity index (χ2v) is 10.3. The van der Waals surface area contributed by atoms with E-state index in [0.29, 0.717) is 30.9 Å². The third kappa shape index (κ3) is 5.76. The Kier molecular flexibility index (Phi) is 7.41. The van der Waals surface area contributed by atoms with Gasteiger partial charge in [0, 0.05) is 23.2 Å². The van der Waals surface area contributed by atoms with Crippen molar-refractivity contribution < 1.29 is 36.2 Å². The summed E-state index contributed by atoms with van der Waals surface area (Å²) in [5, 5.41) is 8.72. The summed E-state index contributed by atoms with van der Waals surface area (Å²) in [6.45, 7) is 1.67. The topological polar surface area (TPSA) is 83.9 Å². The van der Waals surface area contributed by atoms with Gasteiger partial charge in [-0.25, -0.2) is 13.2 Å². The van der Waals surface area contributed by atoms with Crippen LogP contribution in [-0.4, -0.2) is 48.7 Å². The van der Waals surface area contributed by atoms with Gasteiger partial charge in [0.15, 0.2) is 6.61 Å². The molecule has 2 aromatic carbocycles. The first-order chi connectivity index (χ1) is 15.0. The summed E-state index contributed by atoms with van der Waals surface area (Å²) in [5.41, 5.74) is -0.131. The van der Waals surface area contributed by atoms with Crippen LogP contribution in [0.2, 0.25) is 0 Å². The number of sulfonamides is 1. The van der Waals surface area contributed by atoms with Gasteiger partial charge in [-0.1, -0.05) is 0 Å². The summed E-state index contributed by atoms with van der Waals surface area (Å²) < 4.78 is 70.9. The Morgan fingerprint density at radius 3 is 2.50 bits per heavy atom. The molecule has 0 unspecified atom stereocenters. The van der Waals surface area contributed by atoms with E-state index < -0.39 is 34.3 Å². The number of ether oxygens (including phenoxy) is 1. The monoisotopic (exact) mass is 489 g/mol. The van der Waals surface area contributed by atoms with E-state index in [4.69, 9.17) is 9.84 Å². The van der Waals surface area contributed by atoms with Gasteiger partial charge in [-0.3, -0.25) is 0 Å². The molecular formula is C21H22F3NO5S2. The summed E-state index contributed by atoms with van der Waals surface area (Å²) in [6, 6.07) is 8.57. The zero-order valence-corrected chi connectivity index (χ0v) is 18.8. The molecule has 2 aromatic rings. The molecule has 0 saturated carbocycles. The zero-order chi connectivity index (χ0) is 23.5. The van der Waals surface area contributed by atoms with Crippen LogP contribution in [0.15, 0.2) is 52.3 Å². The first kappa shape index (κ1) is 24.4. The lowest BCUT2D eigenvalue weighted by Crippen LogP contribution is -2.37. The summed E-state index contributed by atoms with van der Waals surface area (Å²) >= 11 is 1.46. The molecule has 11 heteroatoms. The summed E-state index contributed by atoms with van der Waals surface area (Å²) in [4.78, 5) is 11.4. The van der Waals surface area contributed by atoms with Gasteiger partial charge in [0.05, 0.1) is 10.5 Å². The fraction of sp³-hybridized carbons (Fsp3) is 0.381. The molecule has 174 valence electrons. The molecule has 32 heavy (non-hydrogen) atoms. The minimum Gasteiger partial charge on any atom is -0.482 e. The Bertz CT molecular complexity index is 1070. The predicted octanol–water partition coefficient (Wildman–Crippen LogP) is 4.42. The van der Waals surface area contributed by atoms with Gasteiger partial charge in [-0.05, 0) is 67.8 Å². The largest absolute Gasteiger partial charge is 0.482 e. The van der Waals surface area contributed by atoms with Crippen LogP contribution in [0.3, 0.4) is 0 Å². The van der Waals surface area contributed by atoms with Gasteiger partial charge in [0.2, 0.25) is 10.0 Å². The molecule has 6 nitrogen and oxygen atoms in total. The molecular weight excluding hydrogens is 467 g/mol. The lowest BCUT2D eigenvalue weighted by molar-refractivity contribution is -0.139. The van der Waals surface area contributed by atoms with E-state index >= 15 is 0 Å². The number of benzene rings is 2. The van der Waals surface area contributed by atoms with Crippen molar-refractivity contribution >= 4 is 27.8 Å². The molecule has 1 aliphatic heterocycles. The number of carbonyl (C=O) groups is 1. The number of hydrogen-bond donors (Lipinski definition) is 1. The Balaban J connectivity index is 1.68. The van der Waals surface area contributed by atoms with Crippen molar-refractivity contribution in [2.24, 2.45) is 0 Å². The summed E-state index contributed by atoms with van der Waals surface area (Å²) in [5.74, 6) is -0.128. The SMILES string of the molecule is Cc1cc(SC[C@@H]2CCCN2S(=O)(=O)c2ccc(C(F)(F)F)cc2)ccc1OCC(=O)O. The smallest absolute Gasteiger partial charge is 0.416 e. The maximum absolute atomic E-state index is 13.0. The standard InChI is InChI=1S/C21H22F3NO5S2/c1-14-11-17(6-9-19(14)30-12-20(26)27)31-13-16-3-2-10-25(16)32(28,29)18-7-4-15(5-8-18)21(22,23)24/h4-9,11,16H,2-3,10,12-13H2,1H3,(H,26,27)/t16-/m0/s1. The van der Waals surface area contributed by atoms with Gasteiger partial charge in [0.1, 0.15) is 5.75 Å². The number of alkyl halides is 3. The third-order valence-electron chi connectivity index (χ3n) is 5.05. The van der Waals surface area contributed by atoms with Crippen LogP contribution >= 0.6 is 11.8 Å². The molecule has 0 bridgehead atoms. The van der Waals surface area contributed by atoms with Crippen molar-refractivity contribution in [1.29, 1.82) is 0 Å². The van der Waals surface area contributed by atoms with Crippen molar-refractivity contribution in [2.45, 2.75) is 41.8 Å². The quantitative estimate of drug-likeness (QED) is 0.553. The zero-order valence-electron chi connectivity index (χ0n) is 17.1. The highest BCUT2D eigenvalue weighted by Gasteiger charge is 2.36. The highest BCUT2D eigenvalue weighted by atomic mass is 32.2. The molecule has 0 radical (unpaired) electrons. The number of carboxylic acids is 1. The molecule has 1 heterocycles. The molecule has 0 spiro atoms. The van der Waals surface area contributed by atoms with E-state index in [1.54, 1.807) is 19.1 Å². The molecule has 1 fully saturated rings. The van der Waals surface area contributed by atoms with Crippen LogP contribution in [-0.2, 0) is 21.0 Å². The Morgan fingerprint density at radius 1 is 1.22 bits per heavy atom. The van der Waals surface area contributed by atoms with Crippen LogP contribution < -0.4 is 4.74 Å². The van der Waals surface area contributed by atoms with Crippen molar-refractivity contribution in [3.05, 3.63) is 53.6 Å². The third-order valence-corrected chi connectivity index (χ3v) is 8.16. The number of aliphatic carboxylic acids is 1. The molecule has 1 atom stereocenters. The highest BCUT2D eigenvalue weighted by Crippen LogP contribution is 2.34. The Labute approximate surface area is 188 Å². The van der Waals surface area contributed by atoms with E-state index in [9.17, 15) is 26.4 Å². The Morgan fingerprint density at radius 2 is 1.91 bits per heavy atom. The van der Waals surface area contributed by atoms with E-state index in [1.165, 1.54) is 16.1 Å². The lowest BCUT2D eigenvalue weighted by Gasteiger charge is -2.24. The molecule has 1 N–H and O–H groups in total. The number of aryl methyl sites for hydroxylation is 1. The van der Waals surface area contributed by atoms with Crippen LogP contribution in [0.25, 0.3) is 0 Å². The first-order valence-corrected chi connectivity index (χ1v) is 12.2.